The van der Waals surface area contributed by atoms with Gasteiger partial charge in [-0.3, -0.25) is 9.82 Å². The van der Waals surface area contributed by atoms with Gasteiger partial charge in [-0.1, -0.05) is 23.7 Å². The average Bonchev–Trinajstić information content (AvgIpc) is 3.15. The van der Waals surface area contributed by atoms with Gasteiger partial charge in [0.1, 0.15) is 0 Å². The molecule has 2 aromatic rings. The minimum absolute atomic E-state index is 0.0653. The lowest BCUT2D eigenvalue weighted by Crippen LogP contribution is -2.20. The lowest BCUT2D eigenvalue weighted by molar-refractivity contribution is 0.593. The molecule has 1 fully saturated rings. The van der Waals surface area contributed by atoms with Crippen molar-refractivity contribution >= 4 is 27.3 Å². The quantitative estimate of drug-likeness (QED) is 0.759. The number of nitrogens with zero attached hydrogens (tertiary/aromatic N) is 1. The lowest BCUT2D eigenvalue weighted by Gasteiger charge is -2.09. The maximum atomic E-state index is 12.4. The van der Waals surface area contributed by atoms with E-state index in [4.69, 9.17) is 11.6 Å². The minimum Gasteiger partial charge on any atom is -0.310 e. The summed E-state index contributed by atoms with van der Waals surface area (Å²) < 4.78 is 27.3. The van der Waals surface area contributed by atoms with E-state index in [1.165, 1.54) is 6.20 Å². The van der Waals surface area contributed by atoms with Crippen LogP contribution in [0, 0.1) is 0 Å². The SMILES string of the molecule is O=S(=O)(Nc1ccccc1Cl)c1[nH]ncc1CNC1CC1. The van der Waals surface area contributed by atoms with Gasteiger partial charge in [-0.15, -0.1) is 0 Å². The highest BCUT2D eigenvalue weighted by Gasteiger charge is 2.24. The Labute approximate surface area is 128 Å². The van der Waals surface area contributed by atoms with Gasteiger partial charge < -0.3 is 5.32 Å². The summed E-state index contributed by atoms with van der Waals surface area (Å²) >= 11 is 5.98. The summed E-state index contributed by atoms with van der Waals surface area (Å²) in [5.41, 5.74) is 0.955. The number of benzene rings is 1. The monoisotopic (exact) mass is 326 g/mol. The summed E-state index contributed by atoms with van der Waals surface area (Å²) in [6.45, 7) is 0.472. The first-order valence-electron chi connectivity index (χ1n) is 6.59. The van der Waals surface area contributed by atoms with Crippen molar-refractivity contribution in [3.63, 3.8) is 0 Å². The predicted octanol–water partition coefficient (Wildman–Crippen LogP) is 2.12. The molecular formula is C13H15ClN4O2S. The van der Waals surface area contributed by atoms with Crippen LogP contribution in [-0.4, -0.2) is 24.7 Å². The van der Waals surface area contributed by atoms with Gasteiger partial charge in [-0.2, -0.15) is 13.5 Å². The molecule has 0 saturated heterocycles. The molecule has 0 bridgehead atoms. The average molecular weight is 327 g/mol. The van der Waals surface area contributed by atoms with Gasteiger partial charge in [0, 0.05) is 18.2 Å². The van der Waals surface area contributed by atoms with Gasteiger partial charge in [0.05, 0.1) is 16.9 Å². The van der Waals surface area contributed by atoms with Gasteiger partial charge in [0.25, 0.3) is 10.0 Å². The number of hydrogen-bond acceptors (Lipinski definition) is 4. The normalized spacial score (nSPS) is 15.1. The van der Waals surface area contributed by atoms with Crippen molar-refractivity contribution in [1.29, 1.82) is 0 Å². The molecule has 1 aliphatic rings. The Hall–Kier alpha value is -1.57. The van der Waals surface area contributed by atoms with Crippen LogP contribution in [0.4, 0.5) is 5.69 Å². The molecule has 1 aromatic heterocycles. The summed E-state index contributed by atoms with van der Waals surface area (Å²) in [6, 6.07) is 7.18. The van der Waals surface area contributed by atoms with E-state index in [1.54, 1.807) is 24.3 Å². The fourth-order valence-corrected chi connectivity index (χ4v) is 3.39. The zero-order valence-electron chi connectivity index (χ0n) is 11.1. The Balaban J connectivity index is 1.81. The van der Waals surface area contributed by atoms with Crippen LogP contribution in [0.3, 0.4) is 0 Å². The Kier molecular flexibility index (Phi) is 3.88. The lowest BCUT2D eigenvalue weighted by atomic mass is 10.3. The molecule has 6 nitrogen and oxygen atoms in total. The van der Waals surface area contributed by atoms with Crippen LogP contribution in [0.2, 0.25) is 5.02 Å². The smallest absolute Gasteiger partial charge is 0.279 e. The molecule has 112 valence electrons. The van der Waals surface area contributed by atoms with Crippen LogP contribution < -0.4 is 10.0 Å². The third kappa shape index (κ3) is 3.37. The molecule has 0 unspecified atom stereocenters. The van der Waals surface area contributed by atoms with Crippen molar-refractivity contribution in [2.45, 2.75) is 30.5 Å². The molecule has 1 saturated carbocycles. The molecule has 0 atom stereocenters. The number of halogens is 1. The number of nitrogens with one attached hydrogen (secondary N) is 3. The summed E-state index contributed by atoms with van der Waals surface area (Å²) in [7, 11) is -3.74. The molecule has 21 heavy (non-hydrogen) atoms. The Bertz CT molecular complexity index is 740. The van der Waals surface area contributed by atoms with Crippen LogP contribution in [0.1, 0.15) is 18.4 Å². The van der Waals surface area contributed by atoms with Crippen molar-refractivity contribution in [3.8, 4) is 0 Å². The summed E-state index contributed by atoms with van der Waals surface area (Å²) in [4.78, 5) is 0. The first-order valence-corrected chi connectivity index (χ1v) is 8.45. The second-order valence-electron chi connectivity index (χ2n) is 4.96. The number of sulfonamides is 1. The van der Waals surface area contributed by atoms with E-state index in [-0.39, 0.29) is 5.03 Å². The highest BCUT2D eigenvalue weighted by atomic mass is 35.5. The first-order chi connectivity index (χ1) is 10.1. The maximum Gasteiger partial charge on any atom is 0.279 e. The molecule has 0 spiro atoms. The van der Waals surface area contributed by atoms with Gasteiger partial charge in [-0.25, -0.2) is 0 Å². The third-order valence-corrected chi connectivity index (χ3v) is 4.93. The number of hydrogen-bond donors (Lipinski definition) is 3. The second kappa shape index (κ2) is 5.67. The molecule has 8 heteroatoms. The molecule has 3 N–H and O–H groups in total. The van der Waals surface area contributed by atoms with E-state index in [1.807, 2.05) is 0 Å². The second-order valence-corrected chi connectivity index (χ2v) is 6.99. The van der Waals surface area contributed by atoms with Crippen LogP contribution in [0.15, 0.2) is 35.5 Å². The summed E-state index contributed by atoms with van der Waals surface area (Å²) in [6.07, 6.45) is 3.80. The standard InChI is InChI=1S/C13H15ClN4O2S/c14-11-3-1-2-4-12(11)18-21(19,20)13-9(8-16-17-13)7-15-10-5-6-10/h1-4,8,10,15,18H,5-7H2,(H,16,17). The Morgan fingerprint density at radius 1 is 1.33 bits per heavy atom. The highest BCUT2D eigenvalue weighted by Crippen LogP contribution is 2.25. The van der Waals surface area contributed by atoms with Gasteiger partial charge >= 0.3 is 0 Å². The summed E-state index contributed by atoms with van der Waals surface area (Å²) in [5.74, 6) is 0. The van der Waals surface area contributed by atoms with Crippen molar-refractivity contribution in [2.75, 3.05) is 4.72 Å². The molecule has 0 amide bonds. The number of aromatic nitrogens is 2. The Morgan fingerprint density at radius 2 is 2.10 bits per heavy atom. The first kappa shape index (κ1) is 14.4. The van der Waals surface area contributed by atoms with Crippen LogP contribution in [-0.2, 0) is 16.6 Å². The minimum atomic E-state index is -3.74. The number of rotatable bonds is 6. The van der Waals surface area contributed by atoms with E-state index in [0.29, 0.717) is 28.9 Å². The van der Waals surface area contributed by atoms with Crippen molar-refractivity contribution in [2.24, 2.45) is 0 Å². The van der Waals surface area contributed by atoms with Gasteiger partial charge in [-0.05, 0) is 25.0 Å². The van der Waals surface area contributed by atoms with Crippen molar-refractivity contribution < 1.29 is 8.42 Å². The van der Waals surface area contributed by atoms with Gasteiger partial charge in [0.15, 0.2) is 5.03 Å². The summed E-state index contributed by atoms with van der Waals surface area (Å²) in [5, 5.41) is 10.1. The van der Waals surface area contributed by atoms with Crippen LogP contribution in [0.25, 0.3) is 0 Å². The van der Waals surface area contributed by atoms with Gasteiger partial charge in [0.2, 0.25) is 0 Å². The molecule has 3 rings (SSSR count). The zero-order chi connectivity index (χ0) is 14.9. The topological polar surface area (TPSA) is 86.9 Å². The third-order valence-electron chi connectivity index (χ3n) is 3.22. The van der Waals surface area contributed by atoms with E-state index in [0.717, 1.165) is 12.8 Å². The van der Waals surface area contributed by atoms with E-state index in [2.05, 4.69) is 20.2 Å². The molecular weight excluding hydrogens is 312 g/mol. The van der Waals surface area contributed by atoms with Crippen molar-refractivity contribution in [1.82, 2.24) is 15.5 Å². The molecule has 0 aliphatic heterocycles. The number of anilines is 1. The maximum absolute atomic E-state index is 12.4. The number of aromatic amines is 1. The van der Waals surface area contributed by atoms with Crippen molar-refractivity contribution in [3.05, 3.63) is 41.0 Å². The van der Waals surface area contributed by atoms with E-state index >= 15 is 0 Å². The largest absolute Gasteiger partial charge is 0.310 e. The molecule has 1 aliphatic carbocycles. The van der Waals surface area contributed by atoms with E-state index < -0.39 is 10.0 Å². The number of para-hydroxylation sites is 1. The van der Waals surface area contributed by atoms with Crippen LogP contribution >= 0.6 is 11.6 Å². The number of H-pyrrole nitrogens is 1. The zero-order valence-corrected chi connectivity index (χ0v) is 12.7. The predicted molar refractivity (Wildman–Crippen MR) is 80.7 cm³/mol. The molecule has 1 heterocycles. The van der Waals surface area contributed by atoms with E-state index in [9.17, 15) is 8.42 Å². The Morgan fingerprint density at radius 3 is 2.81 bits per heavy atom. The highest BCUT2D eigenvalue weighted by molar-refractivity contribution is 7.92. The fourth-order valence-electron chi connectivity index (χ4n) is 1.94. The molecule has 0 radical (unpaired) electrons. The van der Waals surface area contributed by atoms with Crippen LogP contribution in [0.5, 0.6) is 0 Å². The molecule has 1 aromatic carbocycles. The fraction of sp³-hybridized carbons (Fsp3) is 0.308.